The molecule has 3 rings (SSSR count). The Kier molecular flexibility index (Phi) is 5.60. The second kappa shape index (κ2) is 7.73. The van der Waals surface area contributed by atoms with Crippen LogP contribution in [0.25, 0.3) is 10.2 Å². The number of fused-ring (bicyclic) bond motifs is 1. The van der Waals surface area contributed by atoms with Crippen LogP contribution in [-0.2, 0) is 16.1 Å². The smallest absolute Gasteiger partial charge is 0.325 e. The standard InChI is InChI=1S/C18H14BrClN2O3S/c1-10-13(20)7-8-14-16(10)22(9-15(23)25-2)18(26-14)21-17(24)11-3-5-12(19)6-4-11/h3-8H,9H2,1-2H3. The highest BCUT2D eigenvalue weighted by Gasteiger charge is 2.15. The molecule has 134 valence electrons. The Balaban J connectivity index is 2.19. The number of aromatic nitrogens is 1. The number of halogens is 2. The maximum absolute atomic E-state index is 12.5. The van der Waals surface area contributed by atoms with Crippen LogP contribution in [0.5, 0.6) is 0 Å². The van der Waals surface area contributed by atoms with Gasteiger partial charge in [-0.3, -0.25) is 9.59 Å². The van der Waals surface area contributed by atoms with Crippen molar-refractivity contribution >= 4 is 61.0 Å². The summed E-state index contributed by atoms with van der Waals surface area (Å²) in [6.45, 7) is 1.82. The van der Waals surface area contributed by atoms with Crippen molar-refractivity contribution in [2.45, 2.75) is 13.5 Å². The van der Waals surface area contributed by atoms with E-state index in [9.17, 15) is 9.59 Å². The van der Waals surface area contributed by atoms with Crippen molar-refractivity contribution in [3.63, 3.8) is 0 Å². The van der Waals surface area contributed by atoms with Gasteiger partial charge in [-0.2, -0.15) is 4.99 Å². The van der Waals surface area contributed by atoms with Gasteiger partial charge in [0.25, 0.3) is 5.91 Å². The number of carbonyl (C=O) groups excluding carboxylic acids is 2. The number of nitrogens with zero attached hydrogens (tertiary/aromatic N) is 2. The molecule has 0 atom stereocenters. The number of hydrogen-bond donors (Lipinski definition) is 0. The van der Waals surface area contributed by atoms with E-state index in [-0.39, 0.29) is 12.5 Å². The molecule has 0 N–H and O–H groups in total. The number of rotatable bonds is 3. The van der Waals surface area contributed by atoms with Crippen molar-refractivity contribution in [2.75, 3.05) is 7.11 Å². The molecule has 0 spiro atoms. The van der Waals surface area contributed by atoms with Crippen molar-refractivity contribution in [3.8, 4) is 0 Å². The van der Waals surface area contributed by atoms with Gasteiger partial charge in [-0.15, -0.1) is 0 Å². The first kappa shape index (κ1) is 18.8. The quantitative estimate of drug-likeness (QED) is 0.554. The molecule has 1 amide bonds. The Morgan fingerprint density at radius 1 is 1.23 bits per heavy atom. The summed E-state index contributed by atoms with van der Waals surface area (Å²) in [5.74, 6) is -0.812. The average Bonchev–Trinajstić information content (AvgIpc) is 2.96. The lowest BCUT2D eigenvalue weighted by atomic mass is 10.2. The summed E-state index contributed by atoms with van der Waals surface area (Å²) in [5, 5.41) is 0.583. The lowest BCUT2D eigenvalue weighted by Crippen LogP contribution is -2.22. The molecular weight excluding hydrogens is 440 g/mol. The Labute approximate surface area is 167 Å². The number of ether oxygens (including phenoxy) is 1. The third-order valence-corrected chi connectivity index (χ3v) is 5.81. The number of carbonyl (C=O) groups is 2. The lowest BCUT2D eigenvalue weighted by Gasteiger charge is -2.07. The number of aryl methyl sites for hydroxylation is 1. The minimum Gasteiger partial charge on any atom is -0.468 e. The number of thiazole rings is 1. The van der Waals surface area contributed by atoms with Crippen LogP contribution < -0.4 is 4.80 Å². The zero-order chi connectivity index (χ0) is 18.8. The van der Waals surface area contributed by atoms with Gasteiger partial charge in [0.2, 0.25) is 0 Å². The van der Waals surface area contributed by atoms with Crippen molar-refractivity contribution in [1.29, 1.82) is 0 Å². The number of esters is 1. The third-order valence-electron chi connectivity index (χ3n) is 3.83. The van der Waals surface area contributed by atoms with Gasteiger partial charge in [-0.25, -0.2) is 0 Å². The van der Waals surface area contributed by atoms with Gasteiger partial charge >= 0.3 is 5.97 Å². The second-order valence-corrected chi connectivity index (χ2v) is 7.82. The summed E-state index contributed by atoms with van der Waals surface area (Å²) in [6.07, 6.45) is 0. The number of benzene rings is 2. The summed E-state index contributed by atoms with van der Waals surface area (Å²) in [5.41, 5.74) is 2.06. The van der Waals surface area contributed by atoms with E-state index < -0.39 is 5.97 Å². The molecule has 1 heterocycles. The first-order valence-electron chi connectivity index (χ1n) is 7.60. The Hall–Kier alpha value is -1.96. The van der Waals surface area contributed by atoms with Crippen LogP contribution in [0, 0.1) is 6.92 Å². The average molecular weight is 454 g/mol. The fourth-order valence-corrected chi connectivity index (χ4v) is 3.99. The molecule has 0 radical (unpaired) electrons. The summed E-state index contributed by atoms with van der Waals surface area (Å²) < 4.78 is 8.21. The number of hydrogen-bond acceptors (Lipinski definition) is 4. The van der Waals surface area contributed by atoms with Gasteiger partial charge in [-0.05, 0) is 48.9 Å². The van der Waals surface area contributed by atoms with Gasteiger partial charge in [0.05, 0.1) is 17.3 Å². The van der Waals surface area contributed by atoms with Gasteiger partial charge in [-0.1, -0.05) is 38.9 Å². The van der Waals surface area contributed by atoms with Crippen LogP contribution in [0.4, 0.5) is 0 Å². The monoisotopic (exact) mass is 452 g/mol. The molecule has 0 saturated carbocycles. The molecule has 0 aliphatic carbocycles. The van der Waals surface area contributed by atoms with E-state index in [1.54, 1.807) is 34.9 Å². The minimum absolute atomic E-state index is 0.0515. The van der Waals surface area contributed by atoms with Crippen LogP contribution >= 0.6 is 38.9 Å². The highest BCUT2D eigenvalue weighted by molar-refractivity contribution is 9.10. The highest BCUT2D eigenvalue weighted by Crippen LogP contribution is 2.27. The van der Waals surface area contributed by atoms with E-state index in [0.29, 0.717) is 15.4 Å². The highest BCUT2D eigenvalue weighted by atomic mass is 79.9. The molecule has 0 aliphatic heterocycles. The molecule has 0 aliphatic rings. The van der Waals surface area contributed by atoms with E-state index in [0.717, 1.165) is 20.3 Å². The van der Waals surface area contributed by atoms with E-state index in [4.69, 9.17) is 16.3 Å². The molecule has 0 fully saturated rings. The maximum atomic E-state index is 12.5. The normalized spacial score (nSPS) is 11.8. The van der Waals surface area contributed by atoms with E-state index >= 15 is 0 Å². The second-order valence-electron chi connectivity index (χ2n) is 5.49. The zero-order valence-electron chi connectivity index (χ0n) is 14.0. The van der Waals surface area contributed by atoms with Crippen LogP contribution in [0.2, 0.25) is 5.02 Å². The summed E-state index contributed by atoms with van der Waals surface area (Å²) in [7, 11) is 1.32. The summed E-state index contributed by atoms with van der Waals surface area (Å²) in [6, 6.07) is 10.6. The topological polar surface area (TPSA) is 60.7 Å². The third kappa shape index (κ3) is 3.75. The Morgan fingerprint density at radius 2 is 1.92 bits per heavy atom. The number of amides is 1. The van der Waals surface area contributed by atoms with Crippen LogP contribution in [0.15, 0.2) is 45.9 Å². The van der Waals surface area contributed by atoms with Gasteiger partial charge in [0.15, 0.2) is 4.80 Å². The molecule has 5 nitrogen and oxygen atoms in total. The molecule has 1 aromatic heterocycles. The van der Waals surface area contributed by atoms with Crippen molar-refractivity contribution in [3.05, 3.63) is 61.8 Å². The van der Waals surface area contributed by atoms with Crippen molar-refractivity contribution < 1.29 is 14.3 Å². The molecule has 0 unspecified atom stereocenters. The fourth-order valence-electron chi connectivity index (χ4n) is 2.48. The predicted octanol–water partition coefficient (Wildman–Crippen LogP) is 4.34. The lowest BCUT2D eigenvalue weighted by molar-refractivity contribution is -0.141. The summed E-state index contributed by atoms with van der Waals surface area (Å²) in [4.78, 5) is 29.0. The molecule has 3 aromatic rings. The first-order valence-corrected chi connectivity index (χ1v) is 9.59. The number of methoxy groups -OCH3 is 1. The largest absolute Gasteiger partial charge is 0.468 e. The van der Waals surface area contributed by atoms with E-state index in [2.05, 4.69) is 20.9 Å². The minimum atomic E-state index is -0.429. The van der Waals surface area contributed by atoms with Crippen LogP contribution in [0.1, 0.15) is 15.9 Å². The SMILES string of the molecule is COC(=O)Cn1c(=NC(=O)c2ccc(Br)cc2)sc2ccc(Cl)c(C)c21. The molecule has 26 heavy (non-hydrogen) atoms. The molecular formula is C18H14BrClN2O3S. The van der Waals surface area contributed by atoms with Crippen molar-refractivity contribution in [1.82, 2.24) is 4.57 Å². The van der Waals surface area contributed by atoms with Gasteiger partial charge < -0.3 is 9.30 Å². The fraction of sp³-hybridized carbons (Fsp3) is 0.167. The van der Waals surface area contributed by atoms with Crippen molar-refractivity contribution in [2.24, 2.45) is 4.99 Å². The molecule has 0 bridgehead atoms. The van der Waals surface area contributed by atoms with Crippen LogP contribution in [0.3, 0.4) is 0 Å². The van der Waals surface area contributed by atoms with E-state index in [1.807, 2.05) is 13.0 Å². The maximum Gasteiger partial charge on any atom is 0.325 e. The Morgan fingerprint density at radius 3 is 2.58 bits per heavy atom. The molecule has 8 heteroatoms. The molecule has 0 saturated heterocycles. The van der Waals surface area contributed by atoms with Gasteiger partial charge in [0.1, 0.15) is 6.54 Å². The Bertz CT molecular complexity index is 1070. The summed E-state index contributed by atoms with van der Waals surface area (Å²) >= 11 is 10.9. The first-order chi connectivity index (χ1) is 12.4. The predicted molar refractivity (Wildman–Crippen MR) is 106 cm³/mol. The van der Waals surface area contributed by atoms with Crippen LogP contribution in [-0.4, -0.2) is 23.6 Å². The molecule has 2 aromatic carbocycles. The van der Waals surface area contributed by atoms with Gasteiger partial charge in [0, 0.05) is 15.1 Å². The van der Waals surface area contributed by atoms with E-state index in [1.165, 1.54) is 18.4 Å². The zero-order valence-corrected chi connectivity index (χ0v) is 17.1.